The minimum Gasteiger partial charge on any atom is -0.481 e. The van der Waals surface area contributed by atoms with Crippen LogP contribution in [0.3, 0.4) is 0 Å². The predicted molar refractivity (Wildman–Crippen MR) is 166 cm³/mol. The second-order valence-corrected chi connectivity index (χ2v) is 9.89. The molecule has 1 aliphatic heterocycles. The Bertz CT molecular complexity index is 1620. The Balaban J connectivity index is 0.000000496. The van der Waals surface area contributed by atoms with Gasteiger partial charge < -0.3 is 25.3 Å². The number of anilines is 1. The van der Waals surface area contributed by atoms with Gasteiger partial charge in [0.1, 0.15) is 11.6 Å². The molecular weight excluding hydrogens is 564 g/mol. The predicted octanol–water partition coefficient (Wildman–Crippen LogP) is 4.65. The van der Waals surface area contributed by atoms with Crippen LogP contribution in [0.5, 0.6) is 0 Å². The summed E-state index contributed by atoms with van der Waals surface area (Å²) in [7, 11) is 0. The van der Waals surface area contributed by atoms with E-state index in [1.165, 1.54) is 0 Å². The summed E-state index contributed by atoms with van der Waals surface area (Å²) in [6.45, 7) is 5.46. The zero-order valence-electron chi connectivity index (χ0n) is 24.4. The number of para-hydroxylation sites is 2. The van der Waals surface area contributed by atoms with Crippen molar-refractivity contribution in [2.24, 2.45) is 0 Å². The lowest BCUT2D eigenvalue weighted by atomic mass is 10.00. The molecule has 1 saturated heterocycles. The Labute approximate surface area is 253 Å². The quantitative estimate of drug-likeness (QED) is 0.185. The number of aromatic amines is 1. The van der Waals surface area contributed by atoms with Gasteiger partial charge in [-0.25, -0.2) is 4.98 Å². The van der Waals surface area contributed by atoms with E-state index in [4.69, 9.17) is 24.2 Å². The lowest BCUT2D eigenvalue weighted by Crippen LogP contribution is -2.48. The highest BCUT2D eigenvalue weighted by Gasteiger charge is 2.29. The van der Waals surface area contributed by atoms with Crippen LogP contribution in [0.15, 0.2) is 89.6 Å². The van der Waals surface area contributed by atoms with Crippen molar-refractivity contribution in [1.29, 1.82) is 0 Å². The molecule has 5 N–H and O–H groups in total. The van der Waals surface area contributed by atoms with Gasteiger partial charge in [-0.3, -0.25) is 24.4 Å². The standard InChI is InChI=1S/C28H26N6O2.2C2H4O2/c35-27(32-23-5-3-4-21(16-23)28-33-24-6-1-2-7-25(24)36-28)26(34-14-12-29-13-15-34)20-10-8-19(9-11-20)22-17-30-31-18-22;2*1-2(3)4/h1-11,16-18,26,29H,12-15H2,(H,30,31)(H,32,35);2*1H3,(H,3,4). The topological polar surface area (TPSA) is 174 Å². The molecule has 0 bridgehead atoms. The number of fused-ring (bicyclic) bond motifs is 1. The van der Waals surface area contributed by atoms with Gasteiger partial charge in [0.15, 0.2) is 5.58 Å². The van der Waals surface area contributed by atoms with Crippen LogP contribution in [0.1, 0.15) is 25.5 Å². The number of carboxylic acids is 2. The first-order valence-electron chi connectivity index (χ1n) is 13.9. The Hall–Kier alpha value is -5.33. The molecule has 1 atom stereocenters. The van der Waals surface area contributed by atoms with Crippen LogP contribution in [0.4, 0.5) is 5.69 Å². The molecule has 3 aromatic carbocycles. The number of aromatic nitrogens is 3. The number of hydrogen-bond acceptors (Lipinski definition) is 8. The molecule has 12 heteroatoms. The molecule has 0 saturated carbocycles. The number of H-pyrrole nitrogens is 1. The van der Waals surface area contributed by atoms with Crippen molar-refractivity contribution in [3.05, 3.63) is 90.8 Å². The largest absolute Gasteiger partial charge is 0.481 e. The summed E-state index contributed by atoms with van der Waals surface area (Å²) in [5, 5.41) is 28.2. The summed E-state index contributed by atoms with van der Waals surface area (Å²) >= 11 is 0. The highest BCUT2D eigenvalue weighted by molar-refractivity contribution is 5.96. The molecular formula is C32H34N6O6. The minimum atomic E-state index is -0.833. The summed E-state index contributed by atoms with van der Waals surface area (Å²) in [6, 6.07) is 23.0. The van der Waals surface area contributed by atoms with Gasteiger partial charge in [-0.15, -0.1) is 0 Å². The fourth-order valence-electron chi connectivity index (χ4n) is 4.67. The van der Waals surface area contributed by atoms with Crippen molar-refractivity contribution in [2.45, 2.75) is 19.9 Å². The van der Waals surface area contributed by atoms with Gasteiger partial charge in [-0.1, -0.05) is 42.5 Å². The Morgan fingerprint density at radius 2 is 1.57 bits per heavy atom. The summed E-state index contributed by atoms with van der Waals surface area (Å²) < 4.78 is 5.92. The summed E-state index contributed by atoms with van der Waals surface area (Å²) in [4.78, 5) is 38.5. The zero-order chi connectivity index (χ0) is 31.5. The molecule has 1 aliphatic rings. The third kappa shape index (κ3) is 8.84. The number of rotatable bonds is 6. The number of carboxylic acid groups (broad SMARTS) is 2. The Kier molecular flexibility index (Phi) is 10.9. The fourth-order valence-corrected chi connectivity index (χ4v) is 4.67. The van der Waals surface area contributed by atoms with E-state index in [2.05, 4.69) is 30.7 Å². The van der Waals surface area contributed by atoms with E-state index in [1.807, 2.05) is 79.0 Å². The first-order chi connectivity index (χ1) is 21.2. The van der Waals surface area contributed by atoms with E-state index in [0.717, 1.165) is 73.4 Å². The molecule has 1 fully saturated rings. The number of piperazine rings is 1. The number of hydrogen-bond donors (Lipinski definition) is 5. The lowest BCUT2D eigenvalue weighted by molar-refractivity contribution is -0.135. The van der Waals surface area contributed by atoms with Crippen LogP contribution < -0.4 is 10.6 Å². The second kappa shape index (κ2) is 15.2. The first kappa shape index (κ1) is 31.6. The molecule has 0 aliphatic carbocycles. The van der Waals surface area contributed by atoms with Crippen LogP contribution in [-0.2, 0) is 14.4 Å². The van der Waals surface area contributed by atoms with Crippen molar-refractivity contribution in [1.82, 2.24) is 25.4 Å². The van der Waals surface area contributed by atoms with Crippen LogP contribution in [0.2, 0.25) is 0 Å². The maximum atomic E-state index is 13.7. The van der Waals surface area contributed by atoms with Crippen molar-refractivity contribution in [3.63, 3.8) is 0 Å². The summed E-state index contributed by atoms with van der Waals surface area (Å²) in [5.74, 6) is -1.21. The van der Waals surface area contributed by atoms with Gasteiger partial charge in [0, 0.05) is 63.0 Å². The van der Waals surface area contributed by atoms with Crippen LogP contribution >= 0.6 is 0 Å². The molecule has 12 nitrogen and oxygen atoms in total. The molecule has 1 unspecified atom stereocenters. The van der Waals surface area contributed by atoms with Gasteiger partial charge in [0.2, 0.25) is 11.8 Å². The third-order valence-corrected chi connectivity index (χ3v) is 6.49. The van der Waals surface area contributed by atoms with Crippen LogP contribution in [0, 0.1) is 0 Å². The van der Waals surface area contributed by atoms with Gasteiger partial charge in [0.25, 0.3) is 11.9 Å². The van der Waals surface area contributed by atoms with E-state index < -0.39 is 18.0 Å². The Morgan fingerprint density at radius 1 is 0.886 bits per heavy atom. The Morgan fingerprint density at radius 3 is 2.20 bits per heavy atom. The number of nitrogens with one attached hydrogen (secondary N) is 3. The van der Waals surface area contributed by atoms with Crippen molar-refractivity contribution < 1.29 is 29.0 Å². The highest BCUT2D eigenvalue weighted by Crippen LogP contribution is 2.29. The highest BCUT2D eigenvalue weighted by atomic mass is 16.4. The molecule has 3 heterocycles. The van der Waals surface area contributed by atoms with E-state index >= 15 is 0 Å². The number of aliphatic carboxylic acids is 2. The monoisotopic (exact) mass is 598 g/mol. The molecule has 1 amide bonds. The number of benzene rings is 3. The number of carbonyl (C=O) groups excluding carboxylic acids is 1. The summed E-state index contributed by atoms with van der Waals surface area (Å²) in [5.41, 5.74) is 6.08. The van der Waals surface area contributed by atoms with E-state index in [1.54, 1.807) is 6.20 Å². The molecule has 2 aromatic heterocycles. The van der Waals surface area contributed by atoms with Crippen molar-refractivity contribution in [3.8, 4) is 22.6 Å². The maximum Gasteiger partial charge on any atom is 0.300 e. The van der Waals surface area contributed by atoms with Crippen molar-refractivity contribution in [2.75, 3.05) is 31.5 Å². The molecule has 44 heavy (non-hydrogen) atoms. The molecule has 6 rings (SSSR count). The SMILES string of the molecule is CC(=O)O.CC(=O)O.O=C(Nc1cccc(-c2nc3ccccc3o2)c1)C(c1ccc(-c2cn[nH]c2)cc1)N1CCNCC1. The lowest BCUT2D eigenvalue weighted by Gasteiger charge is -2.34. The average molecular weight is 599 g/mol. The third-order valence-electron chi connectivity index (χ3n) is 6.49. The minimum absolute atomic E-state index is 0.0670. The number of amides is 1. The second-order valence-electron chi connectivity index (χ2n) is 9.89. The number of carbonyl (C=O) groups is 3. The molecule has 228 valence electrons. The molecule has 0 radical (unpaired) electrons. The van der Waals surface area contributed by atoms with E-state index in [9.17, 15) is 4.79 Å². The fraction of sp³-hybridized carbons (Fsp3) is 0.219. The normalized spacial score (nSPS) is 13.5. The average Bonchev–Trinajstić information content (AvgIpc) is 3.69. The number of oxazole rings is 1. The van der Waals surface area contributed by atoms with Gasteiger partial charge in [-0.05, 0) is 41.5 Å². The van der Waals surface area contributed by atoms with Crippen LogP contribution in [0.25, 0.3) is 33.7 Å². The van der Waals surface area contributed by atoms with E-state index in [0.29, 0.717) is 11.6 Å². The van der Waals surface area contributed by atoms with Gasteiger partial charge >= 0.3 is 0 Å². The molecule has 0 spiro atoms. The zero-order valence-corrected chi connectivity index (χ0v) is 24.4. The number of nitrogens with zero attached hydrogens (tertiary/aromatic N) is 3. The summed E-state index contributed by atoms with van der Waals surface area (Å²) in [6.07, 6.45) is 3.65. The smallest absolute Gasteiger partial charge is 0.300 e. The maximum absolute atomic E-state index is 13.7. The van der Waals surface area contributed by atoms with E-state index in [-0.39, 0.29) is 5.91 Å². The van der Waals surface area contributed by atoms with Gasteiger partial charge in [-0.2, -0.15) is 5.10 Å². The first-order valence-corrected chi connectivity index (χ1v) is 13.9. The van der Waals surface area contributed by atoms with Crippen molar-refractivity contribution >= 4 is 34.6 Å². The van der Waals surface area contributed by atoms with Crippen LogP contribution in [-0.4, -0.2) is 74.3 Å². The van der Waals surface area contributed by atoms with Gasteiger partial charge in [0.05, 0.1) is 6.20 Å². The molecule has 5 aromatic rings.